The fourth-order valence-electron chi connectivity index (χ4n) is 9.19. The van der Waals surface area contributed by atoms with Gasteiger partial charge >= 0.3 is 0 Å². The molecule has 6 saturated heterocycles. The Labute approximate surface area is 410 Å². The summed E-state index contributed by atoms with van der Waals surface area (Å²) < 4.78 is 74.1. The van der Waals surface area contributed by atoms with Crippen LogP contribution in [0.5, 0.6) is 11.5 Å². The number of ether oxygens (including phenoxy) is 13. The van der Waals surface area contributed by atoms with Crippen LogP contribution in [0.25, 0.3) is 0 Å². The molecule has 72 heavy (non-hydrogen) atoms. The van der Waals surface area contributed by atoms with Crippen LogP contribution in [0.4, 0.5) is 0 Å². The van der Waals surface area contributed by atoms with Crippen molar-refractivity contribution in [3.8, 4) is 11.5 Å². The van der Waals surface area contributed by atoms with Gasteiger partial charge in [0.05, 0.1) is 45.2 Å². The SMILES string of the molecule is COc1ccc(O[C@@H]2O[C@H](CO)[C@H](O)[C@H](O[C@H]3O[C@H](CO)[C@H](O[C@@H]4O[C@H](CO)[C@@H](O)[C@H](O[C@@H]5O[C@@H](C)[C@H](O)[C@@H](O)[C@H]5O[C@@H]5O[C@@H](C)[C@H](O)[C@@H](O[C@@H]6O[C@@H](C)[C@H](O)[C@@H](O)[C@H]6O)[C@H]5O)[C@@H]4O)[C@H](O)[C@H]3O)[C@H]2O)cc1. The van der Waals surface area contributed by atoms with Gasteiger partial charge in [0.15, 0.2) is 31.5 Å². The predicted octanol–water partition coefficient (Wildman–Crippen LogP) is -8.92. The quantitative estimate of drug-likeness (QED) is 0.0731. The van der Waals surface area contributed by atoms with Crippen molar-refractivity contribution in [2.75, 3.05) is 26.9 Å². The van der Waals surface area contributed by atoms with E-state index in [9.17, 15) is 81.7 Å². The predicted molar refractivity (Wildman–Crippen MR) is 226 cm³/mol. The lowest BCUT2D eigenvalue weighted by atomic mass is 9.95. The molecular formula is C43H68O29. The average molecular weight is 1050 g/mol. The van der Waals surface area contributed by atoms with Gasteiger partial charge in [0.2, 0.25) is 6.29 Å². The number of methoxy groups -OCH3 is 1. The van der Waals surface area contributed by atoms with Crippen molar-refractivity contribution >= 4 is 0 Å². The summed E-state index contributed by atoms with van der Waals surface area (Å²) in [6.07, 6.45) is -52.6. The second-order valence-corrected chi connectivity index (χ2v) is 18.5. The second kappa shape index (κ2) is 24.4. The fraction of sp³-hybridized carbons (Fsp3) is 0.860. The van der Waals surface area contributed by atoms with Crippen LogP contribution in [-0.2, 0) is 52.1 Å². The lowest BCUT2D eigenvalue weighted by molar-refractivity contribution is -0.401. The molecule has 29 nitrogen and oxygen atoms in total. The molecule has 0 aromatic heterocycles. The van der Waals surface area contributed by atoms with Crippen molar-refractivity contribution in [3.63, 3.8) is 0 Å². The van der Waals surface area contributed by atoms with Gasteiger partial charge in [-0.1, -0.05) is 0 Å². The van der Waals surface area contributed by atoms with Gasteiger partial charge in [-0.15, -0.1) is 0 Å². The van der Waals surface area contributed by atoms with Crippen LogP contribution in [0.1, 0.15) is 20.8 Å². The molecular weight excluding hydrogens is 980 g/mol. The summed E-state index contributed by atoms with van der Waals surface area (Å²) in [5.74, 6) is 0.663. The van der Waals surface area contributed by atoms with Crippen LogP contribution >= 0.6 is 0 Å². The van der Waals surface area contributed by atoms with Crippen molar-refractivity contribution in [3.05, 3.63) is 24.3 Å². The third-order valence-corrected chi connectivity index (χ3v) is 13.6. The van der Waals surface area contributed by atoms with Crippen LogP contribution < -0.4 is 9.47 Å². The lowest BCUT2D eigenvalue weighted by Gasteiger charge is -2.50. The minimum Gasteiger partial charge on any atom is -0.497 e. The first-order valence-corrected chi connectivity index (χ1v) is 23.3. The molecule has 6 heterocycles. The number of aliphatic hydroxyl groups excluding tert-OH is 16. The van der Waals surface area contributed by atoms with Crippen molar-refractivity contribution in [2.45, 2.75) is 205 Å². The highest BCUT2D eigenvalue weighted by Crippen LogP contribution is 2.37. The van der Waals surface area contributed by atoms with Crippen LogP contribution in [0.3, 0.4) is 0 Å². The Morgan fingerprint density at radius 1 is 0.333 bits per heavy atom. The summed E-state index contributed by atoms with van der Waals surface area (Å²) in [4.78, 5) is 0. The fourth-order valence-corrected chi connectivity index (χ4v) is 9.19. The first kappa shape index (κ1) is 57.4. The highest BCUT2D eigenvalue weighted by Gasteiger charge is 2.57. The molecule has 16 N–H and O–H groups in total. The molecule has 29 heteroatoms. The van der Waals surface area contributed by atoms with E-state index < -0.39 is 204 Å². The van der Waals surface area contributed by atoms with E-state index in [1.165, 1.54) is 40.0 Å². The van der Waals surface area contributed by atoms with Gasteiger partial charge in [-0.25, -0.2) is 0 Å². The van der Waals surface area contributed by atoms with E-state index in [1.807, 2.05) is 0 Å². The summed E-state index contributed by atoms with van der Waals surface area (Å²) in [6, 6.07) is 6.08. The highest BCUT2D eigenvalue weighted by atomic mass is 16.8. The standard InChI is InChI=1S/C43H68O29/c1-12-20(47)25(52)28(55)38(61-12)69-34-22(49)14(3)62-40(30(34)57)72-37-26(53)21(48)13(2)63-43(37)71-36-24(51)18(10-45)66-42(32(36)59)68-33-19(11-46)67-39(29(56)27(33)54)70-35-23(50)17(9-44)65-41(31(35)58)64-16-7-5-15(60-4)6-8-16/h5-8,12-14,17-59H,9-11H2,1-4H3/t12-,13-,14-,17+,18+,19+,20-,21-,22-,23-,24+,25+,26+,27+,28+,29+,30+,31+,32-,33-,34+,35-,36-,37+,38-,39+,40-,41+,42-,43-/m0/s1. The summed E-state index contributed by atoms with van der Waals surface area (Å²) in [6.45, 7) is 1.31. The van der Waals surface area contributed by atoms with E-state index >= 15 is 0 Å². The average Bonchev–Trinajstić information content (AvgIpc) is 3.36. The minimum atomic E-state index is -2.14. The molecule has 6 fully saturated rings. The van der Waals surface area contributed by atoms with Crippen LogP contribution in [0.2, 0.25) is 0 Å². The minimum absolute atomic E-state index is 0.178. The maximum atomic E-state index is 11.7. The molecule has 0 unspecified atom stereocenters. The van der Waals surface area contributed by atoms with E-state index in [4.69, 9.17) is 61.6 Å². The van der Waals surface area contributed by atoms with Gasteiger partial charge in [0.25, 0.3) is 0 Å². The second-order valence-electron chi connectivity index (χ2n) is 18.5. The zero-order valence-corrected chi connectivity index (χ0v) is 39.2. The number of aliphatic hydroxyl groups is 16. The summed E-state index contributed by atoms with van der Waals surface area (Å²) in [5, 5.41) is 174. The van der Waals surface area contributed by atoms with Crippen LogP contribution in [-0.4, -0.2) is 293 Å². The Balaban J connectivity index is 1.04. The van der Waals surface area contributed by atoms with E-state index in [1.54, 1.807) is 12.1 Å². The Kier molecular flexibility index (Phi) is 19.5. The lowest BCUT2D eigenvalue weighted by Crippen LogP contribution is -2.68. The molecule has 0 aliphatic carbocycles. The molecule has 7 rings (SSSR count). The van der Waals surface area contributed by atoms with Crippen molar-refractivity contribution in [1.29, 1.82) is 0 Å². The maximum Gasteiger partial charge on any atom is 0.229 e. The molecule has 414 valence electrons. The van der Waals surface area contributed by atoms with Crippen molar-refractivity contribution < 1.29 is 143 Å². The van der Waals surface area contributed by atoms with Crippen molar-refractivity contribution in [2.24, 2.45) is 0 Å². The molecule has 1 aromatic carbocycles. The van der Waals surface area contributed by atoms with Gasteiger partial charge in [-0.3, -0.25) is 0 Å². The van der Waals surface area contributed by atoms with Gasteiger partial charge in [0, 0.05) is 0 Å². The number of benzene rings is 1. The van der Waals surface area contributed by atoms with Gasteiger partial charge in [0.1, 0.15) is 140 Å². The summed E-state index contributed by atoms with van der Waals surface area (Å²) >= 11 is 0. The van der Waals surface area contributed by atoms with Gasteiger partial charge in [-0.2, -0.15) is 0 Å². The smallest absolute Gasteiger partial charge is 0.229 e. The Morgan fingerprint density at radius 3 is 1.22 bits per heavy atom. The summed E-state index contributed by atoms with van der Waals surface area (Å²) in [5.41, 5.74) is 0. The first-order valence-electron chi connectivity index (χ1n) is 23.3. The number of rotatable bonds is 16. The van der Waals surface area contributed by atoms with E-state index in [2.05, 4.69) is 0 Å². The number of hydrogen-bond acceptors (Lipinski definition) is 29. The molecule has 6 aliphatic heterocycles. The Bertz CT molecular complexity index is 1820. The topological polar surface area (TPSA) is 444 Å². The monoisotopic (exact) mass is 1050 g/mol. The molecule has 0 radical (unpaired) electrons. The zero-order chi connectivity index (χ0) is 52.6. The Hall–Kier alpha value is -2.26. The normalized spacial score (nSPS) is 50.3. The first-order chi connectivity index (χ1) is 34.1. The van der Waals surface area contributed by atoms with Gasteiger partial charge < -0.3 is 143 Å². The summed E-state index contributed by atoms with van der Waals surface area (Å²) in [7, 11) is 1.45. The molecule has 30 atom stereocenters. The maximum absolute atomic E-state index is 11.7. The van der Waals surface area contributed by atoms with Gasteiger partial charge in [-0.05, 0) is 45.0 Å². The molecule has 0 bridgehead atoms. The Morgan fingerprint density at radius 2 is 0.681 bits per heavy atom. The van der Waals surface area contributed by atoms with Crippen molar-refractivity contribution in [1.82, 2.24) is 0 Å². The van der Waals surface area contributed by atoms with Crippen LogP contribution in [0, 0.1) is 0 Å². The molecule has 0 amide bonds. The molecule has 1 aromatic rings. The molecule has 6 aliphatic rings. The highest BCUT2D eigenvalue weighted by molar-refractivity contribution is 5.31. The van der Waals surface area contributed by atoms with E-state index in [0.717, 1.165) is 0 Å². The largest absolute Gasteiger partial charge is 0.497 e. The molecule has 0 saturated carbocycles. The van der Waals surface area contributed by atoms with E-state index in [0.29, 0.717) is 5.75 Å². The zero-order valence-electron chi connectivity index (χ0n) is 39.2. The molecule has 0 spiro atoms. The van der Waals surface area contributed by atoms with Crippen LogP contribution in [0.15, 0.2) is 24.3 Å². The number of hydrogen-bond donors (Lipinski definition) is 16. The van der Waals surface area contributed by atoms with E-state index in [-0.39, 0.29) is 5.75 Å². The third-order valence-electron chi connectivity index (χ3n) is 13.6. The third kappa shape index (κ3) is 11.8.